The van der Waals surface area contributed by atoms with Crippen LogP contribution in [0.3, 0.4) is 0 Å². The second-order valence-corrected chi connectivity index (χ2v) is 12.0. The van der Waals surface area contributed by atoms with Crippen LogP contribution in [0.15, 0.2) is 41.3 Å². The Labute approximate surface area is 257 Å². The summed E-state index contributed by atoms with van der Waals surface area (Å²) < 4.78 is 11.1. The molecule has 2 N–H and O–H groups in total. The number of Topliss-reactive ketones (excluding diaryl/α,β-unsaturated/α-hetero) is 1. The molecule has 0 radical (unpaired) electrons. The van der Waals surface area contributed by atoms with E-state index in [4.69, 9.17) is 14.1 Å². The number of likely N-dealkylation sites (tertiary alicyclic amines) is 1. The predicted octanol–water partition coefficient (Wildman–Crippen LogP) is 3.06. The first kappa shape index (κ1) is 30.0. The van der Waals surface area contributed by atoms with Gasteiger partial charge in [0.05, 0.1) is 18.3 Å². The molecule has 0 unspecified atom stereocenters. The van der Waals surface area contributed by atoms with Crippen molar-refractivity contribution in [2.75, 3.05) is 49.5 Å². The Balaban J connectivity index is 1.02. The summed E-state index contributed by atoms with van der Waals surface area (Å²) in [5.74, 6) is 2.60. The number of nitrogens with one attached hydrogen (secondary N) is 1. The molecule has 0 spiro atoms. The summed E-state index contributed by atoms with van der Waals surface area (Å²) in [5.41, 5.74) is 2.83. The summed E-state index contributed by atoms with van der Waals surface area (Å²) in [6.07, 6.45) is 7.17. The average Bonchev–Trinajstić information content (AvgIpc) is 3.54. The van der Waals surface area contributed by atoms with Gasteiger partial charge >= 0.3 is 0 Å². The van der Waals surface area contributed by atoms with Crippen molar-refractivity contribution in [3.05, 3.63) is 59.4 Å². The highest BCUT2D eigenvalue weighted by molar-refractivity contribution is 5.95. The molecule has 0 aliphatic carbocycles. The number of piperidine rings is 1. The summed E-state index contributed by atoms with van der Waals surface area (Å²) in [4.78, 5) is 44.4. The third kappa shape index (κ3) is 7.54. The lowest BCUT2D eigenvalue weighted by Crippen LogP contribution is -2.56. The molecule has 1 amide bonds. The van der Waals surface area contributed by atoms with Gasteiger partial charge in [0.25, 0.3) is 0 Å². The first-order valence-corrected chi connectivity index (χ1v) is 15.6. The van der Waals surface area contributed by atoms with E-state index in [0.29, 0.717) is 55.9 Å². The number of β-amino-alcohol motifs (C(OH)–C–C–N with tert-alkyl or cyclic N) is 1. The van der Waals surface area contributed by atoms with Crippen LogP contribution in [0, 0.1) is 0 Å². The van der Waals surface area contributed by atoms with Crippen LogP contribution < -0.4 is 15.0 Å². The van der Waals surface area contributed by atoms with Gasteiger partial charge in [-0.1, -0.05) is 6.07 Å². The Morgan fingerprint density at radius 2 is 1.95 bits per heavy atom. The monoisotopic (exact) mass is 603 g/mol. The number of aliphatic hydroxyl groups is 1. The van der Waals surface area contributed by atoms with E-state index in [1.54, 1.807) is 24.1 Å². The van der Waals surface area contributed by atoms with Crippen LogP contribution in [0.1, 0.15) is 66.4 Å². The molecule has 0 saturated carbocycles. The quantitative estimate of drug-likeness (QED) is 0.296. The molecule has 12 heteroatoms. The van der Waals surface area contributed by atoms with E-state index in [1.807, 2.05) is 6.07 Å². The van der Waals surface area contributed by atoms with Crippen LogP contribution in [0.4, 0.5) is 11.8 Å². The molecule has 2 aromatic heterocycles. The van der Waals surface area contributed by atoms with Crippen LogP contribution in [0.25, 0.3) is 0 Å². The second-order valence-electron chi connectivity index (χ2n) is 12.0. The highest BCUT2D eigenvalue weighted by Gasteiger charge is 2.29. The Morgan fingerprint density at radius 1 is 1.11 bits per heavy atom. The van der Waals surface area contributed by atoms with Crippen molar-refractivity contribution < 1.29 is 23.8 Å². The number of carbonyl (C=O) groups excluding carboxylic acids is 2. The number of hydrogen-bond acceptors (Lipinski definition) is 11. The molecule has 3 aliphatic rings. The summed E-state index contributed by atoms with van der Waals surface area (Å²) in [6.45, 7) is 6.95. The molecule has 234 valence electrons. The molecule has 3 aliphatic heterocycles. The molecule has 44 heavy (non-hydrogen) atoms. The number of ether oxygens (including phenoxy) is 1. The molecule has 1 aromatic carbocycles. The minimum Gasteiger partial charge on any atom is -0.486 e. The number of carbonyl (C=O) groups is 2. The van der Waals surface area contributed by atoms with E-state index < -0.39 is 6.10 Å². The first-order chi connectivity index (χ1) is 21.4. The number of nitrogens with zero attached hydrogens (tertiary/aromatic N) is 6. The Bertz CT molecular complexity index is 1440. The maximum atomic E-state index is 13.3. The molecular weight excluding hydrogens is 562 g/mol. The van der Waals surface area contributed by atoms with Gasteiger partial charge in [-0.2, -0.15) is 4.98 Å². The third-order valence-electron chi connectivity index (χ3n) is 8.62. The van der Waals surface area contributed by atoms with Gasteiger partial charge in [0.1, 0.15) is 23.9 Å². The Morgan fingerprint density at radius 3 is 2.73 bits per heavy atom. The van der Waals surface area contributed by atoms with Crippen molar-refractivity contribution in [3.8, 4) is 5.75 Å². The van der Waals surface area contributed by atoms with Gasteiger partial charge in [-0.15, -0.1) is 0 Å². The Kier molecular flexibility index (Phi) is 9.37. The van der Waals surface area contributed by atoms with Crippen LogP contribution >= 0.6 is 0 Å². The van der Waals surface area contributed by atoms with Crippen molar-refractivity contribution >= 4 is 23.5 Å². The highest BCUT2D eigenvalue weighted by atomic mass is 16.5. The number of aliphatic hydroxyl groups excluding tert-OH is 1. The molecule has 3 aromatic rings. The minimum atomic E-state index is -0.626. The largest absolute Gasteiger partial charge is 0.486 e. The summed E-state index contributed by atoms with van der Waals surface area (Å²) in [5, 5.41) is 14.3. The van der Waals surface area contributed by atoms with Gasteiger partial charge in [-0.3, -0.25) is 14.5 Å². The molecule has 0 bridgehead atoms. The Hall–Kier alpha value is -4.03. The molecule has 2 fully saturated rings. The van der Waals surface area contributed by atoms with Crippen molar-refractivity contribution in [1.29, 1.82) is 0 Å². The van der Waals surface area contributed by atoms with Crippen LogP contribution in [-0.4, -0.2) is 93.0 Å². The maximum absolute atomic E-state index is 13.3. The smallest absolute Gasteiger partial charge is 0.227 e. The van der Waals surface area contributed by atoms with Crippen molar-refractivity contribution in [2.24, 2.45) is 0 Å². The van der Waals surface area contributed by atoms with Crippen molar-refractivity contribution in [3.63, 3.8) is 0 Å². The number of amides is 1. The number of oxazole rings is 1. The maximum Gasteiger partial charge on any atom is 0.227 e. The predicted molar refractivity (Wildman–Crippen MR) is 164 cm³/mol. The average molecular weight is 604 g/mol. The van der Waals surface area contributed by atoms with E-state index in [0.717, 1.165) is 51.2 Å². The number of rotatable bonds is 12. The number of aromatic nitrogens is 3. The molecule has 5 heterocycles. The normalized spacial score (nSPS) is 18.0. The fourth-order valence-corrected chi connectivity index (χ4v) is 6.04. The van der Waals surface area contributed by atoms with Gasteiger partial charge < -0.3 is 29.4 Å². The van der Waals surface area contributed by atoms with Gasteiger partial charge in [-0.25, -0.2) is 9.97 Å². The number of benzene rings is 1. The van der Waals surface area contributed by atoms with Gasteiger partial charge in [-0.05, 0) is 55.4 Å². The third-order valence-corrected chi connectivity index (χ3v) is 8.62. The molecule has 1 atom stereocenters. The lowest BCUT2D eigenvalue weighted by Gasteiger charge is -2.39. The standard InChI is InChI=1S/C32H41N7O5/c1-22(40)39-17-25(18-39)34-31-14-29(35-32(36-31)38-10-3-2-4-11-38)30(42)8-6-26(41)19-37-12-9-23-13-27(7-5-24(23)16-37)43-20-28-15-33-21-44-28/h5,7,13-15,21,25-26,41H,2-4,6,8-12,16-20H2,1H3,(H,34,35,36)/t26-/m0/s1. The molecular formula is C32H41N7O5. The number of ketones is 1. The summed E-state index contributed by atoms with van der Waals surface area (Å²) in [7, 11) is 0. The van der Waals surface area contributed by atoms with Gasteiger partial charge in [0.15, 0.2) is 17.9 Å². The minimum absolute atomic E-state index is 0.0573. The van der Waals surface area contributed by atoms with Crippen LogP contribution in [0.2, 0.25) is 0 Å². The molecule has 2 saturated heterocycles. The van der Waals surface area contributed by atoms with Crippen molar-refractivity contribution in [2.45, 2.75) is 70.7 Å². The van der Waals surface area contributed by atoms with E-state index in [2.05, 4.69) is 37.2 Å². The SMILES string of the molecule is CC(=O)N1CC(Nc2cc(C(=O)CC[C@H](O)CN3CCc4cc(OCc5cnco5)ccc4C3)nc(N3CCCCC3)n2)C1. The lowest BCUT2D eigenvalue weighted by atomic mass is 9.98. The summed E-state index contributed by atoms with van der Waals surface area (Å²) >= 11 is 0. The fraction of sp³-hybridized carbons (Fsp3) is 0.531. The van der Waals surface area contributed by atoms with Crippen molar-refractivity contribution in [1.82, 2.24) is 24.8 Å². The number of hydrogen-bond donors (Lipinski definition) is 2. The molecule has 12 nitrogen and oxygen atoms in total. The highest BCUT2D eigenvalue weighted by Crippen LogP contribution is 2.26. The topological polar surface area (TPSA) is 137 Å². The zero-order chi connectivity index (χ0) is 30.5. The first-order valence-electron chi connectivity index (χ1n) is 15.6. The van der Waals surface area contributed by atoms with E-state index in [-0.39, 0.29) is 24.2 Å². The number of fused-ring (bicyclic) bond motifs is 1. The fourth-order valence-electron chi connectivity index (χ4n) is 6.04. The van der Waals surface area contributed by atoms with Crippen LogP contribution in [0.5, 0.6) is 5.75 Å². The molecule has 6 rings (SSSR count). The lowest BCUT2D eigenvalue weighted by molar-refractivity contribution is -0.132. The van der Waals surface area contributed by atoms with Crippen LogP contribution in [-0.2, 0) is 24.4 Å². The summed E-state index contributed by atoms with van der Waals surface area (Å²) in [6, 6.07) is 7.92. The van der Waals surface area contributed by atoms with Gasteiger partial charge in [0.2, 0.25) is 11.9 Å². The second kappa shape index (κ2) is 13.7. The zero-order valence-corrected chi connectivity index (χ0v) is 25.3. The zero-order valence-electron chi connectivity index (χ0n) is 25.3. The number of anilines is 2. The van der Waals surface area contributed by atoms with E-state index in [1.165, 1.54) is 23.9 Å². The van der Waals surface area contributed by atoms with E-state index in [9.17, 15) is 14.7 Å². The van der Waals surface area contributed by atoms with Gasteiger partial charge in [0, 0.05) is 65.2 Å². The van der Waals surface area contributed by atoms with E-state index >= 15 is 0 Å².